The van der Waals surface area contributed by atoms with Crippen molar-refractivity contribution in [1.29, 1.82) is 0 Å². The SMILES string of the molecule is Cc1cc(N)cnc1NC(=O)C(C)S(C)(=O)=O. The Bertz CT molecular complexity index is 540. The zero-order valence-electron chi connectivity index (χ0n) is 9.89. The average Bonchev–Trinajstić information content (AvgIpc) is 2.19. The average molecular weight is 257 g/mol. The molecule has 0 aromatic carbocycles. The third-order valence-electron chi connectivity index (χ3n) is 2.35. The fourth-order valence-corrected chi connectivity index (χ4v) is 1.59. The van der Waals surface area contributed by atoms with Crippen molar-refractivity contribution in [3.05, 3.63) is 17.8 Å². The highest BCUT2D eigenvalue weighted by molar-refractivity contribution is 7.92. The van der Waals surface area contributed by atoms with Crippen LogP contribution < -0.4 is 11.1 Å². The standard InChI is InChI=1S/C10H15N3O3S/c1-6-4-8(11)5-12-9(6)13-10(14)7(2)17(3,15)16/h4-5,7H,11H2,1-3H3,(H,12,13,14). The summed E-state index contributed by atoms with van der Waals surface area (Å²) in [6, 6.07) is 1.65. The number of anilines is 2. The van der Waals surface area contributed by atoms with E-state index in [1.807, 2.05) is 0 Å². The van der Waals surface area contributed by atoms with Crippen LogP contribution in [0, 0.1) is 6.92 Å². The highest BCUT2D eigenvalue weighted by Crippen LogP contribution is 2.14. The van der Waals surface area contributed by atoms with E-state index < -0.39 is 21.0 Å². The van der Waals surface area contributed by atoms with Gasteiger partial charge in [-0.2, -0.15) is 0 Å². The van der Waals surface area contributed by atoms with Crippen molar-refractivity contribution in [3.8, 4) is 0 Å². The summed E-state index contributed by atoms with van der Waals surface area (Å²) in [7, 11) is -3.41. The predicted octanol–water partition coefficient (Wildman–Crippen LogP) is 0.344. The molecule has 1 heterocycles. The second-order valence-corrected chi connectivity index (χ2v) is 6.26. The third kappa shape index (κ3) is 3.42. The molecule has 0 spiro atoms. The topological polar surface area (TPSA) is 102 Å². The molecule has 1 atom stereocenters. The number of hydrogen-bond acceptors (Lipinski definition) is 5. The lowest BCUT2D eigenvalue weighted by Crippen LogP contribution is -2.32. The van der Waals surface area contributed by atoms with Gasteiger partial charge in [-0.3, -0.25) is 4.79 Å². The van der Waals surface area contributed by atoms with E-state index in [0.29, 0.717) is 17.1 Å². The van der Waals surface area contributed by atoms with E-state index in [9.17, 15) is 13.2 Å². The van der Waals surface area contributed by atoms with E-state index in [2.05, 4.69) is 10.3 Å². The van der Waals surface area contributed by atoms with Gasteiger partial charge in [0.15, 0.2) is 9.84 Å². The van der Waals surface area contributed by atoms with E-state index in [1.165, 1.54) is 13.1 Å². The van der Waals surface area contributed by atoms with Crippen LogP contribution >= 0.6 is 0 Å². The van der Waals surface area contributed by atoms with Gasteiger partial charge in [0.25, 0.3) is 0 Å². The number of sulfone groups is 1. The normalized spacial score (nSPS) is 13.1. The first-order valence-electron chi connectivity index (χ1n) is 4.93. The minimum atomic E-state index is -3.41. The zero-order valence-corrected chi connectivity index (χ0v) is 10.7. The van der Waals surface area contributed by atoms with Crippen molar-refractivity contribution in [1.82, 2.24) is 4.98 Å². The van der Waals surface area contributed by atoms with Gasteiger partial charge in [-0.1, -0.05) is 0 Å². The van der Waals surface area contributed by atoms with Gasteiger partial charge in [-0.05, 0) is 25.5 Å². The zero-order chi connectivity index (χ0) is 13.2. The van der Waals surface area contributed by atoms with Crippen molar-refractivity contribution in [2.24, 2.45) is 0 Å². The lowest BCUT2D eigenvalue weighted by Gasteiger charge is -2.11. The first-order valence-corrected chi connectivity index (χ1v) is 6.89. The van der Waals surface area contributed by atoms with Gasteiger partial charge >= 0.3 is 0 Å². The number of carbonyl (C=O) groups is 1. The van der Waals surface area contributed by atoms with Crippen LogP contribution in [0.2, 0.25) is 0 Å². The number of nitrogen functional groups attached to an aromatic ring is 1. The number of aromatic nitrogens is 1. The van der Waals surface area contributed by atoms with Crippen LogP contribution in [0.15, 0.2) is 12.3 Å². The number of nitrogens with one attached hydrogen (secondary N) is 1. The molecule has 0 aliphatic carbocycles. The molecular formula is C10H15N3O3S. The van der Waals surface area contributed by atoms with Crippen molar-refractivity contribution in [2.45, 2.75) is 19.1 Å². The maximum absolute atomic E-state index is 11.6. The number of hydrogen-bond donors (Lipinski definition) is 2. The molecule has 0 saturated heterocycles. The van der Waals surface area contributed by atoms with Crippen molar-refractivity contribution in [2.75, 3.05) is 17.3 Å². The van der Waals surface area contributed by atoms with E-state index in [-0.39, 0.29) is 0 Å². The summed E-state index contributed by atoms with van der Waals surface area (Å²) >= 11 is 0. The van der Waals surface area contributed by atoms with E-state index in [0.717, 1.165) is 6.26 Å². The number of rotatable bonds is 3. The van der Waals surface area contributed by atoms with Gasteiger partial charge in [0.05, 0.1) is 11.9 Å². The second kappa shape index (κ2) is 4.70. The molecule has 3 N–H and O–H groups in total. The summed E-state index contributed by atoms with van der Waals surface area (Å²) in [6.07, 6.45) is 2.41. The van der Waals surface area contributed by atoms with Crippen LogP contribution in [0.3, 0.4) is 0 Å². The first-order chi connectivity index (χ1) is 7.71. The van der Waals surface area contributed by atoms with Crippen LogP contribution in [0.5, 0.6) is 0 Å². The summed E-state index contributed by atoms with van der Waals surface area (Å²) in [5.74, 6) is -0.285. The Labute approximate surface area is 100 Å². The summed E-state index contributed by atoms with van der Waals surface area (Å²) in [5, 5.41) is 1.35. The van der Waals surface area contributed by atoms with Crippen molar-refractivity contribution < 1.29 is 13.2 Å². The lowest BCUT2D eigenvalue weighted by atomic mass is 10.2. The number of carbonyl (C=O) groups excluding carboxylic acids is 1. The van der Waals surface area contributed by atoms with Crippen LogP contribution in [0.1, 0.15) is 12.5 Å². The van der Waals surface area contributed by atoms with Crippen LogP contribution in [-0.2, 0) is 14.6 Å². The molecule has 1 unspecified atom stereocenters. The minimum absolute atomic E-state index is 0.319. The fraction of sp³-hybridized carbons (Fsp3) is 0.400. The van der Waals surface area contributed by atoms with E-state index in [4.69, 9.17) is 5.73 Å². The molecule has 0 aliphatic rings. The molecule has 1 aromatic rings. The van der Waals surface area contributed by atoms with Crippen LogP contribution in [0.4, 0.5) is 11.5 Å². The Kier molecular flexibility index (Phi) is 3.72. The Hall–Kier alpha value is -1.63. The van der Waals surface area contributed by atoms with Gasteiger partial charge < -0.3 is 11.1 Å². The van der Waals surface area contributed by atoms with Gasteiger partial charge in [-0.15, -0.1) is 0 Å². The van der Waals surface area contributed by atoms with Gasteiger partial charge in [0.2, 0.25) is 5.91 Å². The molecule has 0 aliphatic heterocycles. The summed E-state index contributed by atoms with van der Waals surface area (Å²) in [4.78, 5) is 15.6. The Morgan fingerprint density at radius 2 is 2.12 bits per heavy atom. The summed E-state index contributed by atoms with van der Waals surface area (Å²) in [6.45, 7) is 3.06. The highest BCUT2D eigenvalue weighted by Gasteiger charge is 2.24. The van der Waals surface area contributed by atoms with E-state index >= 15 is 0 Å². The maximum atomic E-state index is 11.6. The Balaban J connectivity index is 2.89. The lowest BCUT2D eigenvalue weighted by molar-refractivity contribution is -0.115. The molecule has 7 heteroatoms. The molecule has 94 valence electrons. The van der Waals surface area contributed by atoms with Crippen molar-refractivity contribution in [3.63, 3.8) is 0 Å². The minimum Gasteiger partial charge on any atom is -0.397 e. The monoisotopic (exact) mass is 257 g/mol. The molecule has 17 heavy (non-hydrogen) atoms. The Morgan fingerprint density at radius 1 is 1.53 bits per heavy atom. The van der Waals surface area contributed by atoms with E-state index in [1.54, 1.807) is 13.0 Å². The van der Waals surface area contributed by atoms with Gasteiger partial charge in [-0.25, -0.2) is 13.4 Å². The quantitative estimate of drug-likeness (QED) is 0.813. The summed E-state index contributed by atoms with van der Waals surface area (Å²) in [5.41, 5.74) is 6.68. The molecule has 6 nitrogen and oxygen atoms in total. The number of aryl methyl sites for hydroxylation is 1. The van der Waals surface area contributed by atoms with Gasteiger partial charge in [0.1, 0.15) is 11.1 Å². The molecule has 1 rings (SSSR count). The maximum Gasteiger partial charge on any atom is 0.243 e. The first kappa shape index (κ1) is 13.4. The number of nitrogens with zero attached hydrogens (tertiary/aromatic N) is 1. The van der Waals surface area contributed by atoms with Crippen LogP contribution in [-0.4, -0.2) is 30.8 Å². The third-order valence-corrected chi connectivity index (χ3v) is 3.85. The molecule has 0 bridgehead atoms. The smallest absolute Gasteiger partial charge is 0.243 e. The number of amides is 1. The van der Waals surface area contributed by atoms with Crippen LogP contribution in [0.25, 0.3) is 0 Å². The molecular weight excluding hydrogens is 242 g/mol. The highest BCUT2D eigenvalue weighted by atomic mass is 32.2. The number of pyridine rings is 1. The Morgan fingerprint density at radius 3 is 2.59 bits per heavy atom. The largest absolute Gasteiger partial charge is 0.397 e. The molecule has 1 amide bonds. The number of nitrogens with two attached hydrogens (primary N) is 1. The molecule has 0 saturated carbocycles. The second-order valence-electron chi connectivity index (χ2n) is 3.90. The molecule has 0 radical (unpaired) electrons. The van der Waals surface area contributed by atoms with Crippen molar-refractivity contribution >= 4 is 27.2 Å². The fourth-order valence-electron chi connectivity index (χ4n) is 1.14. The van der Waals surface area contributed by atoms with Gasteiger partial charge in [0, 0.05) is 6.26 Å². The predicted molar refractivity (Wildman–Crippen MR) is 66.3 cm³/mol. The molecule has 1 aromatic heterocycles. The molecule has 0 fully saturated rings. The summed E-state index contributed by atoms with van der Waals surface area (Å²) < 4.78 is 22.4.